The van der Waals surface area contributed by atoms with Crippen molar-refractivity contribution in [1.29, 1.82) is 0 Å². The number of thiophene rings is 2. The molecule has 0 unspecified atom stereocenters. The van der Waals surface area contributed by atoms with E-state index in [0.29, 0.717) is 11.2 Å². The highest BCUT2D eigenvalue weighted by atomic mass is 32.1. The Hall–Kier alpha value is -1.50. The predicted octanol–water partition coefficient (Wildman–Crippen LogP) is 2.91. The maximum absolute atomic E-state index is 12.3. The average Bonchev–Trinajstić information content (AvgIpc) is 3.09. The molecule has 6 heteroatoms. The van der Waals surface area contributed by atoms with Gasteiger partial charge in [0.2, 0.25) is 0 Å². The predicted molar refractivity (Wildman–Crippen MR) is 77.9 cm³/mol. The van der Waals surface area contributed by atoms with Gasteiger partial charge in [-0.15, -0.1) is 22.7 Å². The van der Waals surface area contributed by atoms with E-state index in [-0.39, 0.29) is 11.7 Å². The van der Waals surface area contributed by atoms with E-state index in [4.69, 9.17) is 4.74 Å². The van der Waals surface area contributed by atoms with Gasteiger partial charge in [-0.2, -0.15) is 0 Å². The van der Waals surface area contributed by atoms with Crippen molar-refractivity contribution in [3.05, 3.63) is 50.5 Å². The van der Waals surface area contributed by atoms with Crippen LogP contribution >= 0.6 is 22.7 Å². The molecular weight excluding hydrogens is 280 g/mol. The van der Waals surface area contributed by atoms with Crippen LogP contribution in [0.15, 0.2) is 40.1 Å². The molecule has 3 heterocycles. The van der Waals surface area contributed by atoms with Crippen molar-refractivity contribution in [3.8, 4) is 0 Å². The molecule has 0 aliphatic carbocycles. The zero-order valence-electron chi connectivity index (χ0n) is 10.3. The molecule has 0 aliphatic heterocycles. The Bertz CT molecular complexity index is 731. The van der Waals surface area contributed by atoms with Gasteiger partial charge >= 0.3 is 0 Å². The third-order valence-corrected chi connectivity index (χ3v) is 4.80. The van der Waals surface area contributed by atoms with E-state index in [0.717, 1.165) is 10.4 Å². The van der Waals surface area contributed by atoms with Crippen LogP contribution in [0, 0.1) is 0 Å². The molecule has 3 aromatic heterocycles. The molecule has 0 aromatic carbocycles. The first-order valence-electron chi connectivity index (χ1n) is 5.78. The third-order valence-electron chi connectivity index (χ3n) is 2.94. The van der Waals surface area contributed by atoms with Crippen LogP contribution in [0.5, 0.6) is 0 Å². The van der Waals surface area contributed by atoms with Crippen molar-refractivity contribution < 1.29 is 4.74 Å². The highest BCUT2D eigenvalue weighted by Crippen LogP contribution is 2.23. The molecule has 19 heavy (non-hydrogen) atoms. The summed E-state index contributed by atoms with van der Waals surface area (Å²) in [6.45, 7) is 0.483. The number of hydrogen-bond donors (Lipinski definition) is 0. The van der Waals surface area contributed by atoms with Gasteiger partial charge < -0.3 is 4.74 Å². The minimum Gasteiger partial charge on any atom is -0.374 e. The third kappa shape index (κ3) is 2.34. The van der Waals surface area contributed by atoms with Crippen molar-refractivity contribution in [2.24, 2.45) is 0 Å². The normalized spacial score (nSPS) is 12.9. The topological polar surface area (TPSA) is 44.1 Å². The lowest BCUT2D eigenvalue weighted by Crippen LogP contribution is -2.23. The Balaban J connectivity index is 1.96. The molecule has 98 valence electrons. The first-order chi connectivity index (χ1) is 9.29. The van der Waals surface area contributed by atoms with E-state index in [2.05, 4.69) is 4.98 Å². The van der Waals surface area contributed by atoms with E-state index >= 15 is 0 Å². The van der Waals surface area contributed by atoms with Crippen LogP contribution in [-0.4, -0.2) is 16.7 Å². The summed E-state index contributed by atoms with van der Waals surface area (Å²) in [5, 5.41) is 3.89. The minimum atomic E-state index is -0.114. The highest BCUT2D eigenvalue weighted by molar-refractivity contribution is 7.17. The standard InChI is InChI=1S/C13H12N2O2S2/c1-17-10(11-3-2-5-18-11)7-15-8-14-9-4-6-19-12(9)13(15)16/h2-6,8,10H,7H2,1H3/t10-/m1/s1. The lowest BCUT2D eigenvalue weighted by molar-refractivity contribution is 0.0897. The van der Waals surface area contributed by atoms with Crippen molar-refractivity contribution in [3.63, 3.8) is 0 Å². The van der Waals surface area contributed by atoms with Crippen LogP contribution in [0.3, 0.4) is 0 Å². The Kier molecular flexibility index (Phi) is 3.46. The number of fused-ring (bicyclic) bond motifs is 1. The zero-order valence-corrected chi connectivity index (χ0v) is 11.9. The van der Waals surface area contributed by atoms with E-state index < -0.39 is 0 Å². The van der Waals surface area contributed by atoms with Crippen molar-refractivity contribution in [1.82, 2.24) is 9.55 Å². The van der Waals surface area contributed by atoms with Crippen molar-refractivity contribution >= 4 is 32.9 Å². The van der Waals surface area contributed by atoms with Crippen molar-refractivity contribution in [2.75, 3.05) is 7.11 Å². The van der Waals surface area contributed by atoms with Gasteiger partial charge in [-0.1, -0.05) is 6.07 Å². The monoisotopic (exact) mass is 292 g/mol. The molecule has 3 rings (SSSR count). The molecular formula is C13H12N2O2S2. The summed E-state index contributed by atoms with van der Waals surface area (Å²) in [6, 6.07) is 5.86. The van der Waals surface area contributed by atoms with Crippen LogP contribution in [0.4, 0.5) is 0 Å². The second-order valence-corrected chi connectivity index (χ2v) is 5.97. The molecule has 0 bridgehead atoms. The van der Waals surface area contributed by atoms with Crippen LogP contribution in [0.2, 0.25) is 0 Å². The van der Waals surface area contributed by atoms with Gasteiger partial charge in [0, 0.05) is 12.0 Å². The van der Waals surface area contributed by atoms with Gasteiger partial charge in [-0.05, 0) is 22.9 Å². The fourth-order valence-corrected chi connectivity index (χ4v) is 3.53. The van der Waals surface area contributed by atoms with Gasteiger partial charge in [-0.3, -0.25) is 9.36 Å². The van der Waals surface area contributed by atoms with E-state index in [9.17, 15) is 4.79 Å². The van der Waals surface area contributed by atoms with E-state index in [1.165, 1.54) is 11.3 Å². The summed E-state index contributed by atoms with van der Waals surface area (Å²) in [5.41, 5.74) is 0.759. The number of hydrogen-bond acceptors (Lipinski definition) is 5. The molecule has 0 fully saturated rings. The van der Waals surface area contributed by atoms with Crippen LogP contribution in [0.25, 0.3) is 10.2 Å². The Morgan fingerprint density at radius 1 is 1.37 bits per heavy atom. The Labute approximate surface area is 117 Å². The van der Waals surface area contributed by atoms with Crippen molar-refractivity contribution in [2.45, 2.75) is 12.6 Å². The Morgan fingerprint density at radius 3 is 3.00 bits per heavy atom. The van der Waals surface area contributed by atoms with Gasteiger partial charge in [0.05, 0.1) is 18.4 Å². The molecule has 0 saturated heterocycles. The number of nitrogens with zero attached hydrogens (tertiary/aromatic N) is 2. The average molecular weight is 292 g/mol. The van der Waals surface area contributed by atoms with Gasteiger partial charge in [0.25, 0.3) is 5.56 Å². The summed E-state index contributed by atoms with van der Waals surface area (Å²) >= 11 is 3.05. The molecule has 0 saturated carbocycles. The molecule has 0 amide bonds. The second-order valence-electron chi connectivity index (χ2n) is 4.08. The lowest BCUT2D eigenvalue weighted by atomic mass is 10.3. The molecule has 0 spiro atoms. The smallest absolute Gasteiger partial charge is 0.271 e. The number of aromatic nitrogens is 2. The fraction of sp³-hybridized carbons (Fsp3) is 0.231. The summed E-state index contributed by atoms with van der Waals surface area (Å²) in [5.74, 6) is 0. The SMILES string of the molecule is CO[C@H](Cn1cnc2ccsc2c1=O)c1cccs1. The molecule has 0 radical (unpaired) electrons. The number of methoxy groups -OCH3 is 1. The van der Waals surface area contributed by atoms with E-state index in [1.54, 1.807) is 29.3 Å². The maximum atomic E-state index is 12.3. The van der Waals surface area contributed by atoms with Gasteiger partial charge in [-0.25, -0.2) is 4.98 Å². The van der Waals surface area contributed by atoms with Crippen LogP contribution in [0.1, 0.15) is 11.0 Å². The van der Waals surface area contributed by atoms with Gasteiger partial charge in [0.1, 0.15) is 10.8 Å². The summed E-state index contributed by atoms with van der Waals surface area (Å²) < 4.78 is 7.79. The van der Waals surface area contributed by atoms with E-state index in [1.807, 2.05) is 29.0 Å². The first kappa shape index (κ1) is 12.5. The largest absolute Gasteiger partial charge is 0.374 e. The number of rotatable bonds is 4. The first-order valence-corrected chi connectivity index (χ1v) is 7.54. The molecule has 3 aromatic rings. The Morgan fingerprint density at radius 2 is 2.26 bits per heavy atom. The second kappa shape index (κ2) is 5.24. The van der Waals surface area contributed by atoms with Crippen LogP contribution in [-0.2, 0) is 11.3 Å². The summed E-state index contributed by atoms with van der Waals surface area (Å²) in [6.07, 6.45) is 1.48. The molecule has 0 N–H and O–H groups in total. The molecule has 0 aliphatic rings. The molecule has 1 atom stereocenters. The lowest BCUT2D eigenvalue weighted by Gasteiger charge is -2.14. The number of ether oxygens (including phenoxy) is 1. The van der Waals surface area contributed by atoms with Crippen LogP contribution < -0.4 is 5.56 Å². The summed E-state index contributed by atoms with van der Waals surface area (Å²) in [4.78, 5) is 17.7. The highest BCUT2D eigenvalue weighted by Gasteiger charge is 2.14. The quantitative estimate of drug-likeness (QED) is 0.742. The maximum Gasteiger partial charge on any atom is 0.271 e. The zero-order chi connectivity index (χ0) is 13.2. The fourth-order valence-electron chi connectivity index (χ4n) is 1.94. The minimum absolute atomic E-state index is 0.00129. The summed E-state index contributed by atoms with van der Waals surface area (Å²) in [7, 11) is 1.66. The molecule has 4 nitrogen and oxygen atoms in total. The van der Waals surface area contributed by atoms with Gasteiger partial charge in [0.15, 0.2) is 0 Å².